The molecule has 1 aliphatic carbocycles. The van der Waals surface area contributed by atoms with Crippen LogP contribution in [0, 0.1) is 5.92 Å². The van der Waals surface area contributed by atoms with Crippen LogP contribution in [0.2, 0.25) is 0 Å². The van der Waals surface area contributed by atoms with Gasteiger partial charge in [-0.25, -0.2) is 0 Å². The lowest BCUT2D eigenvalue weighted by Gasteiger charge is -2.43. The number of rotatable bonds is 3. The number of aliphatic hydroxyl groups is 1. The topological polar surface area (TPSA) is 23.5 Å². The number of likely N-dealkylation sites (tertiary alicyclic amines) is 1. The highest BCUT2D eigenvalue weighted by molar-refractivity contribution is 5.20. The molecule has 2 nitrogen and oxygen atoms in total. The monoisotopic (exact) mass is 287 g/mol. The lowest BCUT2D eigenvalue weighted by molar-refractivity contribution is -0.00177. The third-order valence-electron chi connectivity index (χ3n) is 5.75. The van der Waals surface area contributed by atoms with Gasteiger partial charge in [-0.15, -0.1) is 0 Å². The molecule has 3 unspecified atom stereocenters. The molecule has 2 aliphatic rings. The van der Waals surface area contributed by atoms with Crippen LogP contribution < -0.4 is 0 Å². The first kappa shape index (κ1) is 15.1. The number of hydrogen-bond acceptors (Lipinski definition) is 2. The minimum Gasteiger partial charge on any atom is -0.391 e. The largest absolute Gasteiger partial charge is 0.391 e. The molecule has 2 fully saturated rings. The molecular weight excluding hydrogens is 258 g/mol. The Morgan fingerprint density at radius 2 is 1.76 bits per heavy atom. The summed E-state index contributed by atoms with van der Waals surface area (Å²) in [6.07, 6.45) is 7.04. The molecule has 1 aliphatic heterocycles. The quantitative estimate of drug-likeness (QED) is 0.914. The number of aliphatic hydroxyl groups excluding tert-OH is 1. The minimum absolute atomic E-state index is 0.122. The molecule has 1 aromatic carbocycles. The van der Waals surface area contributed by atoms with Gasteiger partial charge in [-0.3, -0.25) is 4.90 Å². The zero-order chi connectivity index (χ0) is 14.7. The van der Waals surface area contributed by atoms with Crippen molar-refractivity contribution in [1.82, 2.24) is 4.90 Å². The fraction of sp³-hybridized carbons (Fsp3) is 0.684. The van der Waals surface area contributed by atoms with Gasteiger partial charge in [0.25, 0.3) is 0 Å². The standard InChI is InChI=1S/C19H29NO/c1-2-15-10-12-20(13-11-15)18-14-17(8-9-19(18)21)16-6-4-3-5-7-16/h3-7,15,17-19,21H,2,8-14H2,1H3. The smallest absolute Gasteiger partial charge is 0.0695 e. The maximum atomic E-state index is 10.5. The summed E-state index contributed by atoms with van der Waals surface area (Å²) >= 11 is 0. The van der Waals surface area contributed by atoms with E-state index >= 15 is 0 Å². The molecule has 116 valence electrons. The summed E-state index contributed by atoms with van der Waals surface area (Å²) in [6.45, 7) is 4.67. The van der Waals surface area contributed by atoms with Crippen molar-refractivity contribution < 1.29 is 5.11 Å². The average molecular weight is 287 g/mol. The fourth-order valence-corrected chi connectivity index (χ4v) is 4.24. The number of benzene rings is 1. The SMILES string of the molecule is CCC1CCN(C2CC(c3ccccc3)CCC2O)CC1. The van der Waals surface area contributed by atoms with Crippen molar-refractivity contribution in [3.8, 4) is 0 Å². The molecule has 1 saturated heterocycles. The predicted molar refractivity (Wildman–Crippen MR) is 87.4 cm³/mol. The first-order valence-electron chi connectivity index (χ1n) is 8.75. The summed E-state index contributed by atoms with van der Waals surface area (Å²) < 4.78 is 0. The number of hydrogen-bond donors (Lipinski definition) is 1. The molecule has 0 bridgehead atoms. The predicted octanol–water partition coefficient (Wildman–Crippen LogP) is 3.81. The van der Waals surface area contributed by atoms with E-state index in [0.717, 1.165) is 25.2 Å². The summed E-state index contributed by atoms with van der Waals surface area (Å²) in [5.41, 5.74) is 1.46. The lowest BCUT2D eigenvalue weighted by atomic mass is 9.78. The van der Waals surface area contributed by atoms with Gasteiger partial charge < -0.3 is 5.11 Å². The van der Waals surface area contributed by atoms with Crippen LogP contribution in [-0.2, 0) is 0 Å². The Labute approximate surface area is 129 Å². The molecule has 1 saturated carbocycles. The molecule has 21 heavy (non-hydrogen) atoms. The van der Waals surface area contributed by atoms with Crippen LogP contribution in [0.15, 0.2) is 30.3 Å². The first-order valence-corrected chi connectivity index (χ1v) is 8.75. The summed E-state index contributed by atoms with van der Waals surface area (Å²) in [7, 11) is 0. The molecule has 0 amide bonds. The van der Waals surface area contributed by atoms with Gasteiger partial charge >= 0.3 is 0 Å². The highest BCUT2D eigenvalue weighted by Gasteiger charge is 2.35. The Bertz CT molecular complexity index is 424. The Balaban J connectivity index is 1.64. The number of piperidine rings is 1. The molecule has 1 aromatic rings. The van der Waals surface area contributed by atoms with Crippen LogP contribution in [0.5, 0.6) is 0 Å². The van der Waals surface area contributed by atoms with Crippen LogP contribution in [0.4, 0.5) is 0 Å². The van der Waals surface area contributed by atoms with Crippen molar-refractivity contribution in [2.24, 2.45) is 5.92 Å². The van der Waals surface area contributed by atoms with Gasteiger partial charge in [0.2, 0.25) is 0 Å². The minimum atomic E-state index is -0.122. The number of nitrogens with zero attached hydrogens (tertiary/aromatic N) is 1. The van der Waals surface area contributed by atoms with Crippen molar-refractivity contribution in [1.29, 1.82) is 0 Å². The maximum absolute atomic E-state index is 10.5. The van der Waals surface area contributed by atoms with E-state index < -0.39 is 0 Å². The van der Waals surface area contributed by atoms with Crippen LogP contribution in [0.1, 0.15) is 56.9 Å². The second-order valence-electron chi connectivity index (χ2n) is 6.94. The molecule has 0 aromatic heterocycles. The van der Waals surface area contributed by atoms with Crippen molar-refractivity contribution in [3.05, 3.63) is 35.9 Å². The van der Waals surface area contributed by atoms with E-state index in [0.29, 0.717) is 12.0 Å². The molecule has 3 rings (SSSR count). The molecule has 2 heteroatoms. The van der Waals surface area contributed by atoms with E-state index in [-0.39, 0.29) is 6.10 Å². The van der Waals surface area contributed by atoms with Crippen molar-refractivity contribution in [2.75, 3.05) is 13.1 Å². The summed E-state index contributed by atoms with van der Waals surface area (Å²) in [5, 5.41) is 10.5. The van der Waals surface area contributed by atoms with Gasteiger partial charge in [-0.1, -0.05) is 43.7 Å². The van der Waals surface area contributed by atoms with E-state index in [1.54, 1.807) is 0 Å². The average Bonchev–Trinajstić information content (AvgIpc) is 2.56. The van der Waals surface area contributed by atoms with Crippen LogP contribution in [0.25, 0.3) is 0 Å². The second-order valence-corrected chi connectivity index (χ2v) is 6.94. The Hall–Kier alpha value is -0.860. The maximum Gasteiger partial charge on any atom is 0.0695 e. The van der Waals surface area contributed by atoms with E-state index in [1.165, 1.54) is 37.9 Å². The van der Waals surface area contributed by atoms with E-state index in [2.05, 4.69) is 42.2 Å². The van der Waals surface area contributed by atoms with Gasteiger partial charge in [0.05, 0.1) is 6.10 Å². The summed E-state index contributed by atoms with van der Waals surface area (Å²) in [5.74, 6) is 1.54. The highest BCUT2D eigenvalue weighted by Crippen LogP contribution is 2.36. The lowest BCUT2D eigenvalue weighted by Crippen LogP contribution is -2.50. The zero-order valence-electron chi connectivity index (χ0n) is 13.2. The normalized spacial score (nSPS) is 32.2. The van der Waals surface area contributed by atoms with Crippen molar-refractivity contribution in [3.63, 3.8) is 0 Å². The van der Waals surface area contributed by atoms with Crippen LogP contribution in [0.3, 0.4) is 0 Å². The van der Waals surface area contributed by atoms with Gasteiger partial charge in [0.15, 0.2) is 0 Å². The third kappa shape index (κ3) is 3.49. The molecular formula is C19H29NO. The Morgan fingerprint density at radius 1 is 1.05 bits per heavy atom. The van der Waals surface area contributed by atoms with Crippen LogP contribution in [-0.4, -0.2) is 35.2 Å². The van der Waals surface area contributed by atoms with E-state index in [4.69, 9.17) is 0 Å². The van der Waals surface area contributed by atoms with Gasteiger partial charge in [-0.2, -0.15) is 0 Å². The van der Waals surface area contributed by atoms with Gasteiger partial charge in [0, 0.05) is 6.04 Å². The summed E-state index contributed by atoms with van der Waals surface area (Å²) in [6, 6.07) is 11.3. The van der Waals surface area contributed by atoms with E-state index in [1.807, 2.05) is 0 Å². The van der Waals surface area contributed by atoms with Gasteiger partial charge in [-0.05, 0) is 62.6 Å². The van der Waals surface area contributed by atoms with Crippen LogP contribution >= 0.6 is 0 Å². The fourth-order valence-electron chi connectivity index (χ4n) is 4.24. The zero-order valence-corrected chi connectivity index (χ0v) is 13.2. The van der Waals surface area contributed by atoms with Gasteiger partial charge in [0.1, 0.15) is 0 Å². The molecule has 1 heterocycles. The van der Waals surface area contributed by atoms with Crippen molar-refractivity contribution >= 4 is 0 Å². The second kappa shape index (κ2) is 6.93. The first-order chi connectivity index (χ1) is 10.3. The third-order valence-corrected chi connectivity index (χ3v) is 5.75. The molecule has 3 atom stereocenters. The molecule has 1 N–H and O–H groups in total. The Morgan fingerprint density at radius 3 is 2.43 bits per heavy atom. The Kier molecular flexibility index (Phi) is 4.97. The van der Waals surface area contributed by atoms with E-state index in [9.17, 15) is 5.11 Å². The summed E-state index contributed by atoms with van der Waals surface area (Å²) in [4.78, 5) is 2.58. The highest BCUT2D eigenvalue weighted by atomic mass is 16.3. The molecule has 0 radical (unpaired) electrons. The molecule has 0 spiro atoms. The van der Waals surface area contributed by atoms with Crippen molar-refractivity contribution in [2.45, 2.75) is 63.5 Å².